The molecule has 8 heteroatoms. The van der Waals surface area contributed by atoms with Crippen LogP contribution in [0.2, 0.25) is 0 Å². The Morgan fingerprint density at radius 1 is 1.43 bits per heavy atom. The maximum atomic E-state index is 12.2. The van der Waals surface area contributed by atoms with Gasteiger partial charge in [-0.2, -0.15) is 0 Å². The average molecular weight is 326 g/mol. The zero-order valence-electron chi connectivity index (χ0n) is 11.5. The number of benzene rings is 1. The minimum Gasteiger partial charge on any atom is -0.508 e. The summed E-state index contributed by atoms with van der Waals surface area (Å²) < 4.78 is 22.8. The average Bonchev–Trinajstić information content (AvgIpc) is 2.86. The summed E-state index contributed by atoms with van der Waals surface area (Å²) in [5.41, 5.74) is 0.878. The second-order valence-electron chi connectivity index (χ2n) is 4.37. The van der Waals surface area contributed by atoms with Gasteiger partial charge in [-0.25, -0.2) is 13.4 Å². The number of anilines is 1. The molecule has 2 aromatic rings. The highest BCUT2D eigenvalue weighted by molar-refractivity contribution is 7.92. The van der Waals surface area contributed by atoms with Crippen LogP contribution in [0.3, 0.4) is 0 Å². The summed E-state index contributed by atoms with van der Waals surface area (Å²) in [4.78, 5) is 16.1. The fourth-order valence-corrected chi connectivity index (χ4v) is 3.44. The minimum absolute atomic E-state index is 0.0566. The summed E-state index contributed by atoms with van der Waals surface area (Å²) in [5, 5.41) is 12.5. The summed E-state index contributed by atoms with van der Waals surface area (Å²) >= 11 is 0.887. The zero-order chi connectivity index (χ0) is 15.6. The number of phenolic OH excluding ortho intramolecular Hbond substituents is 1. The predicted octanol–water partition coefficient (Wildman–Crippen LogP) is 2.07. The minimum atomic E-state index is -3.34. The monoisotopic (exact) mass is 326 g/mol. The number of amides is 1. The number of nitrogens with zero attached hydrogens (tertiary/aromatic N) is 1. The van der Waals surface area contributed by atoms with Gasteiger partial charge in [0.15, 0.2) is 15.0 Å². The predicted molar refractivity (Wildman–Crippen MR) is 80.7 cm³/mol. The van der Waals surface area contributed by atoms with Crippen molar-refractivity contribution >= 4 is 32.2 Å². The van der Waals surface area contributed by atoms with E-state index in [4.69, 9.17) is 0 Å². The van der Waals surface area contributed by atoms with Crippen LogP contribution in [0.1, 0.15) is 22.8 Å². The Bertz CT molecular complexity index is 781. The van der Waals surface area contributed by atoms with E-state index in [1.54, 1.807) is 12.1 Å². The van der Waals surface area contributed by atoms with Crippen molar-refractivity contribution in [2.75, 3.05) is 11.6 Å². The third-order valence-corrected chi connectivity index (χ3v) is 5.52. The molecule has 0 aliphatic carbocycles. The third-order valence-electron chi connectivity index (χ3n) is 2.82. The van der Waals surface area contributed by atoms with Crippen molar-refractivity contribution in [3.05, 3.63) is 35.5 Å². The first-order valence-corrected chi connectivity index (χ1v) is 8.81. The van der Waals surface area contributed by atoms with E-state index in [2.05, 4.69) is 10.3 Å². The molecule has 0 bridgehead atoms. The molecule has 1 aromatic heterocycles. The quantitative estimate of drug-likeness (QED) is 0.896. The van der Waals surface area contributed by atoms with Gasteiger partial charge in [-0.3, -0.25) is 10.1 Å². The van der Waals surface area contributed by atoms with E-state index in [0.717, 1.165) is 17.6 Å². The summed E-state index contributed by atoms with van der Waals surface area (Å²) in [5.74, 6) is -0.377. The van der Waals surface area contributed by atoms with Gasteiger partial charge in [0.2, 0.25) is 0 Å². The number of aromatic nitrogens is 1. The van der Waals surface area contributed by atoms with Crippen LogP contribution in [0.4, 0.5) is 5.13 Å². The van der Waals surface area contributed by atoms with Gasteiger partial charge in [0.05, 0.1) is 6.20 Å². The molecule has 0 radical (unpaired) electrons. The molecular formula is C13H14N2O4S2. The topological polar surface area (TPSA) is 96.4 Å². The molecule has 2 rings (SSSR count). The Kier molecular flexibility index (Phi) is 4.29. The Morgan fingerprint density at radius 2 is 2.14 bits per heavy atom. The van der Waals surface area contributed by atoms with Gasteiger partial charge < -0.3 is 5.11 Å². The smallest absolute Gasteiger partial charge is 0.257 e. The fraction of sp³-hybridized carbons (Fsp3) is 0.231. The number of carbonyl (C=O) groups excluding carboxylic acids is 1. The Balaban J connectivity index is 2.27. The standard InChI is InChI=1S/C13H14N2O4S2/c1-3-8-9(5-4-6-10(8)16)12(17)15-13-14-7-11(20-13)21(2,18)19/h4-7,16H,3H2,1-2H3,(H,14,15,17). The molecule has 1 heterocycles. The molecule has 6 nitrogen and oxygen atoms in total. The van der Waals surface area contributed by atoms with Gasteiger partial charge in [-0.1, -0.05) is 24.3 Å². The van der Waals surface area contributed by atoms with Gasteiger partial charge in [0.25, 0.3) is 5.91 Å². The normalized spacial score (nSPS) is 11.3. The largest absolute Gasteiger partial charge is 0.508 e. The van der Waals surface area contributed by atoms with E-state index >= 15 is 0 Å². The van der Waals surface area contributed by atoms with Crippen LogP contribution in [0, 0.1) is 0 Å². The molecule has 0 atom stereocenters. The fourth-order valence-electron chi connectivity index (χ4n) is 1.81. The maximum Gasteiger partial charge on any atom is 0.257 e. The number of hydrogen-bond donors (Lipinski definition) is 2. The van der Waals surface area contributed by atoms with Crippen molar-refractivity contribution in [1.82, 2.24) is 4.98 Å². The lowest BCUT2D eigenvalue weighted by Crippen LogP contribution is -2.13. The molecule has 1 aromatic carbocycles. The van der Waals surface area contributed by atoms with Crippen LogP contribution in [0.25, 0.3) is 0 Å². The number of carbonyl (C=O) groups is 1. The molecule has 1 amide bonds. The molecular weight excluding hydrogens is 312 g/mol. The molecule has 0 unspecified atom stereocenters. The van der Waals surface area contributed by atoms with Crippen LogP contribution < -0.4 is 5.32 Å². The van der Waals surface area contributed by atoms with E-state index in [1.807, 2.05) is 6.92 Å². The van der Waals surface area contributed by atoms with E-state index in [9.17, 15) is 18.3 Å². The molecule has 0 saturated heterocycles. The van der Waals surface area contributed by atoms with E-state index in [-0.39, 0.29) is 15.1 Å². The Labute approximate surface area is 126 Å². The van der Waals surface area contributed by atoms with E-state index in [0.29, 0.717) is 17.5 Å². The Hall–Kier alpha value is -1.93. The highest BCUT2D eigenvalue weighted by Crippen LogP contribution is 2.25. The molecule has 0 aliphatic rings. The number of aromatic hydroxyl groups is 1. The van der Waals surface area contributed by atoms with Crippen LogP contribution >= 0.6 is 11.3 Å². The van der Waals surface area contributed by atoms with Crippen molar-refractivity contribution in [2.45, 2.75) is 17.6 Å². The zero-order valence-corrected chi connectivity index (χ0v) is 13.1. The van der Waals surface area contributed by atoms with Gasteiger partial charge in [0, 0.05) is 17.4 Å². The van der Waals surface area contributed by atoms with Gasteiger partial charge in [-0.15, -0.1) is 0 Å². The lowest BCUT2D eigenvalue weighted by molar-refractivity contribution is 0.102. The molecule has 21 heavy (non-hydrogen) atoms. The summed E-state index contributed by atoms with van der Waals surface area (Å²) in [6.07, 6.45) is 2.79. The van der Waals surface area contributed by atoms with Crippen LogP contribution in [0.5, 0.6) is 5.75 Å². The van der Waals surface area contributed by atoms with Crippen molar-refractivity contribution in [1.29, 1.82) is 0 Å². The first-order chi connectivity index (χ1) is 9.82. The first-order valence-electron chi connectivity index (χ1n) is 6.11. The molecule has 2 N–H and O–H groups in total. The van der Waals surface area contributed by atoms with Crippen LogP contribution in [-0.4, -0.2) is 30.7 Å². The van der Waals surface area contributed by atoms with Crippen molar-refractivity contribution < 1.29 is 18.3 Å². The van der Waals surface area contributed by atoms with E-state index in [1.165, 1.54) is 12.3 Å². The number of nitrogens with one attached hydrogen (secondary N) is 1. The van der Waals surface area contributed by atoms with Crippen molar-refractivity contribution in [2.24, 2.45) is 0 Å². The Morgan fingerprint density at radius 3 is 2.71 bits per heavy atom. The molecule has 0 saturated carbocycles. The van der Waals surface area contributed by atoms with Gasteiger partial charge >= 0.3 is 0 Å². The van der Waals surface area contributed by atoms with Gasteiger partial charge in [-0.05, 0) is 18.6 Å². The number of rotatable bonds is 4. The second kappa shape index (κ2) is 5.82. The van der Waals surface area contributed by atoms with E-state index < -0.39 is 15.7 Å². The maximum absolute atomic E-state index is 12.2. The van der Waals surface area contributed by atoms with Crippen LogP contribution in [-0.2, 0) is 16.3 Å². The molecule has 0 spiro atoms. The first kappa shape index (κ1) is 15.5. The van der Waals surface area contributed by atoms with Gasteiger partial charge in [0.1, 0.15) is 9.96 Å². The second-order valence-corrected chi connectivity index (χ2v) is 7.64. The highest BCUT2D eigenvalue weighted by atomic mass is 32.2. The summed E-state index contributed by atoms with van der Waals surface area (Å²) in [6.45, 7) is 1.83. The molecule has 0 aliphatic heterocycles. The lowest BCUT2D eigenvalue weighted by Gasteiger charge is -2.08. The number of hydrogen-bond acceptors (Lipinski definition) is 6. The molecule has 0 fully saturated rings. The SMILES string of the molecule is CCc1c(O)cccc1C(=O)Nc1ncc(S(C)(=O)=O)s1. The summed E-state index contributed by atoms with van der Waals surface area (Å²) in [6, 6.07) is 4.69. The number of sulfone groups is 1. The van der Waals surface area contributed by atoms with Crippen molar-refractivity contribution in [3.63, 3.8) is 0 Å². The number of thiazole rings is 1. The van der Waals surface area contributed by atoms with Crippen molar-refractivity contribution in [3.8, 4) is 5.75 Å². The summed E-state index contributed by atoms with van der Waals surface area (Å²) in [7, 11) is -3.34. The highest BCUT2D eigenvalue weighted by Gasteiger charge is 2.17. The molecule has 112 valence electrons. The lowest BCUT2D eigenvalue weighted by atomic mass is 10.0. The number of phenols is 1. The van der Waals surface area contributed by atoms with Crippen LogP contribution in [0.15, 0.2) is 28.6 Å². The third kappa shape index (κ3) is 3.40.